The Labute approximate surface area is 98.7 Å². The first-order valence-electron chi connectivity index (χ1n) is 6.04. The summed E-state index contributed by atoms with van der Waals surface area (Å²) in [6.07, 6.45) is 5.62. The first-order valence-corrected chi connectivity index (χ1v) is 6.04. The Balaban J connectivity index is 2.09. The molecule has 1 aromatic carbocycles. The van der Waals surface area contributed by atoms with Crippen molar-refractivity contribution in [1.82, 2.24) is 0 Å². The van der Waals surface area contributed by atoms with Crippen LogP contribution in [0.2, 0.25) is 0 Å². The number of benzene rings is 1. The minimum atomic E-state index is 0.588. The van der Waals surface area contributed by atoms with Gasteiger partial charge in [0.1, 0.15) is 0 Å². The zero-order valence-corrected chi connectivity index (χ0v) is 10.1. The Morgan fingerprint density at radius 3 is 2.38 bits per heavy atom. The van der Waals surface area contributed by atoms with E-state index in [4.69, 9.17) is 0 Å². The monoisotopic (exact) mass is 212 g/mol. The number of hydrogen-bond acceptors (Lipinski definition) is 0. The van der Waals surface area contributed by atoms with E-state index in [1.807, 2.05) is 0 Å². The molecular formula is C16H20. The summed E-state index contributed by atoms with van der Waals surface area (Å²) in [4.78, 5) is 0. The molecule has 0 fully saturated rings. The van der Waals surface area contributed by atoms with Gasteiger partial charge in [0.15, 0.2) is 0 Å². The van der Waals surface area contributed by atoms with Gasteiger partial charge in [-0.2, -0.15) is 0 Å². The molecule has 1 unspecified atom stereocenters. The van der Waals surface area contributed by atoms with Gasteiger partial charge in [0.25, 0.3) is 0 Å². The fourth-order valence-electron chi connectivity index (χ4n) is 2.74. The third-order valence-electron chi connectivity index (χ3n) is 3.58. The van der Waals surface area contributed by atoms with Gasteiger partial charge in [0, 0.05) is 0 Å². The van der Waals surface area contributed by atoms with Gasteiger partial charge in [-0.1, -0.05) is 35.9 Å². The predicted molar refractivity (Wildman–Crippen MR) is 70.5 cm³/mol. The molecule has 0 N–H and O–H groups in total. The second kappa shape index (κ2) is 4.69. The van der Waals surface area contributed by atoms with Crippen LogP contribution in [0.4, 0.5) is 0 Å². The van der Waals surface area contributed by atoms with E-state index in [2.05, 4.69) is 50.4 Å². The first-order chi connectivity index (χ1) is 7.70. The number of fused-ring (bicyclic) bond motifs is 1. The molecule has 0 aromatic heterocycles. The van der Waals surface area contributed by atoms with Crippen molar-refractivity contribution in [2.75, 3.05) is 0 Å². The van der Waals surface area contributed by atoms with Gasteiger partial charge in [0.05, 0.1) is 0 Å². The number of hydrogen-bond donors (Lipinski definition) is 0. The molecule has 0 amide bonds. The van der Waals surface area contributed by atoms with Crippen molar-refractivity contribution in [3.05, 3.63) is 60.2 Å². The van der Waals surface area contributed by atoms with E-state index in [9.17, 15) is 0 Å². The number of rotatable bonds is 4. The van der Waals surface area contributed by atoms with Crippen molar-refractivity contribution in [3.8, 4) is 0 Å². The van der Waals surface area contributed by atoms with Crippen molar-refractivity contribution >= 4 is 0 Å². The quantitative estimate of drug-likeness (QED) is 0.657. The molecular weight excluding hydrogens is 192 g/mol. The Bertz CT molecular complexity index is 375. The van der Waals surface area contributed by atoms with Gasteiger partial charge in [-0.25, -0.2) is 0 Å². The average Bonchev–Trinajstić information content (AvgIpc) is 2.68. The highest BCUT2D eigenvalue weighted by molar-refractivity contribution is 5.32. The highest BCUT2D eigenvalue weighted by Crippen LogP contribution is 2.34. The molecule has 0 spiro atoms. The standard InChI is InChI=1S/C16H20/c1-4-13(9-12(2)3)16-10-14-7-5-6-8-15(14)11-16/h4-8,13,16H,1-2,9-11H2,3H3. The lowest BCUT2D eigenvalue weighted by atomic mass is 9.85. The third-order valence-corrected chi connectivity index (χ3v) is 3.58. The van der Waals surface area contributed by atoms with Gasteiger partial charge in [-0.15, -0.1) is 13.2 Å². The SMILES string of the molecule is C=CC(CC(=C)C)C1Cc2ccccc2C1. The molecule has 0 nitrogen and oxygen atoms in total. The van der Waals surface area contributed by atoms with E-state index in [0.29, 0.717) is 5.92 Å². The summed E-state index contributed by atoms with van der Waals surface area (Å²) >= 11 is 0. The predicted octanol–water partition coefficient (Wildman–Crippen LogP) is 4.17. The maximum atomic E-state index is 4.02. The van der Waals surface area contributed by atoms with Gasteiger partial charge in [-0.05, 0) is 49.1 Å². The molecule has 0 bridgehead atoms. The van der Waals surface area contributed by atoms with E-state index < -0.39 is 0 Å². The van der Waals surface area contributed by atoms with E-state index in [1.165, 1.54) is 29.5 Å². The van der Waals surface area contributed by atoms with Crippen LogP contribution in [0, 0.1) is 11.8 Å². The molecule has 1 atom stereocenters. The average molecular weight is 212 g/mol. The second-order valence-corrected chi connectivity index (χ2v) is 5.00. The fraction of sp³-hybridized carbons (Fsp3) is 0.375. The lowest BCUT2D eigenvalue weighted by Gasteiger charge is -2.19. The van der Waals surface area contributed by atoms with E-state index in [1.54, 1.807) is 0 Å². The van der Waals surface area contributed by atoms with Crippen LogP contribution in [-0.2, 0) is 12.8 Å². The van der Waals surface area contributed by atoms with E-state index >= 15 is 0 Å². The molecule has 1 aliphatic carbocycles. The molecule has 1 aliphatic rings. The zero-order chi connectivity index (χ0) is 11.5. The van der Waals surface area contributed by atoms with Crippen LogP contribution < -0.4 is 0 Å². The van der Waals surface area contributed by atoms with Crippen LogP contribution in [0.15, 0.2) is 49.1 Å². The molecule has 16 heavy (non-hydrogen) atoms. The first kappa shape index (κ1) is 11.2. The fourth-order valence-corrected chi connectivity index (χ4v) is 2.74. The minimum Gasteiger partial charge on any atom is -0.103 e. The molecule has 1 aromatic rings. The zero-order valence-electron chi connectivity index (χ0n) is 10.1. The summed E-state index contributed by atoms with van der Waals surface area (Å²) in [6.45, 7) is 10.1. The maximum absolute atomic E-state index is 4.02. The molecule has 0 aliphatic heterocycles. The van der Waals surface area contributed by atoms with Crippen molar-refractivity contribution in [1.29, 1.82) is 0 Å². The summed E-state index contributed by atoms with van der Waals surface area (Å²) in [5.74, 6) is 1.32. The summed E-state index contributed by atoms with van der Waals surface area (Å²) in [7, 11) is 0. The smallest absolute Gasteiger partial charge is 0.0164 e. The van der Waals surface area contributed by atoms with Crippen LogP contribution in [0.5, 0.6) is 0 Å². The normalized spacial score (nSPS) is 16.8. The Kier molecular flexibility index (Phi) is 3.28. The molecule has 2 rings (SSSR count). The van der Waals surface area contributed by atoms with Gasteiger partial charge < -0.3 is 0 Å². The molecule has 84 valence electrons. The van der Waals surface area contributed by atoms with E-state index in [-0.39, 0.29) is 0 Å². The summed E-state index contributed by atoms with van der Waals surface area (Å²) in [6, 6.07) is 8.80. The van der Waals surface area contributed by atoms with Crippen molar-refractivity contribution in [2.24, 2.45) is 11.8 Å². The Morgan fingerprint density at radius 1 is 1.38 bits per heavy atom. The van der Waals surface area contributed by atoms with Gasteiger partial charge in [0.2, 0.25) is 0 Å². The maximum Gasteiger partial charge on any atom is -0.0164 e. The summed E-state index contributed by atoms with van der Waals surface area (Å²) in [5, 5.41) is 0. The summed E-state index contributed by atoms with van der Waals surface area (Å²) < 4.78 is 0. The van der Waals surface area contributed by atoms with Crippen LogP contribution in [0.25, 0.3) is 0 Å². The van der Waals surface area contributed by atoms with Crippen molar-refractivity contribution in [3.63, 3.8) is 0 Å². The van der Waals surface area contributed by atoms with Crippen molar-refractivity contribution in [2.45, 2.75) is 26.2 Å². The van der Waals surface area contributed by atoms with Crippen LogP contribution in [0.1, 0.15) is 24.5 Å². The molecule has 0 saturated heterocycles. The van der Waals surface area contributed by atoms with Crippen LogP contribution >= 0.6 is 0 Å². The second-order valence-electron chi connectivity index (χ2n) is 5.00. The molecule has 0 heterocycles. The van der Waals surface area contributed by atoms with Crippen LogP contribution in [0.3, 0.4) is 0 Å². The van der Waals surface area contributed by atoms with Crippen LogP contribution in [-0.4, -0.2) is 0 Å². The summed E-state index contributed by atoms with van der Waals surface area (Å²) in [5.41, 5.74) is 4.32. The highest BCUT2D eigenvalue weighted by atomic mass is 14.3. The van der Waals surface area contributed by atoms with Gasteiger partial charge in [-0.3, -0.25) is 0 Å². The lowest BCUT2D eigenvalue weighted by molar-refractivity contribution is 0.411. The number of allylic oxidation sites excluding steroid dienone is 2. The van der Waals surface area contributed by atoms with E-state index in [0.717, 1.165) is 12.3 Å². The Hall–Kier alpha value is -1.30. The molecule has 0 heteroatoms. The largest absolute Gasteiger partial charge is 0.103 e. The Morgan fingerprint density at radius 2 is 1.94 bits per heavy atom. The molecule has 0 radical (unpaired) electrons. The highest BCUT2D eigenvalue weighted by Gasteiger charge is 2.26. The van der Waals surface area contributed by atoms with Crippen molar-refractivity contribution < 1.29 is 0 Å². The topological polar surface area (TPSA) is 0 Å². The van der Waals surface area contributed by atoms with Gasteiger partial charge >= 0.3 is 0 Å². The lowest BCUT2D eigenvalue weighted by Crippen LogP contribution is -2.13. The minimum absolute atomic E-state index is 0.588. The molecule has 0 saturated carbocycles. The third kappa shape index (κ3) is 2.27.